The highest BCUT2D eigenvalue weighted by atomic mass is 79.9. The van der Waals surface area contributed by atoms with Crippen molar-refractivity contribution in [3.8, 4) is 0 Å². The highest BCUT2D eigenvalue weighted by Gasteiger charge is 2.68. The summed E-state index contributed by atoms with van der Waals surface area (Å²) in [5.74, 6) is -0.291. The summed E-state index contributed by atoms with van der Waals surface area (Å²) in [5, 5.41) is 0.117. The van der Waals surface area contributed by atoms with Gasteiger partial charge in [0.2, 0.25) is 0 Å². The van der Waals surface area contributed by atoms with E-state index in [0.717, 1.165) is 30.3 Å². The van der Waals surface area contributed by atoms with Crippen LogP contribution in [0.5, 0.6) is 0 Å². The average molecular weight is 1080 g/mol. The summed E-state index contributed by atoms with van der Waals surface area (Å²) in [5.41, 5.74) is 2.00. The molecule has 0 aromatic heterocycles. The highest BCUT2D eigenvalue weighted by Crippen LogP contribution is 2.54. The molecule has 0 saturated carbocycles. The molecule has 0 spiro atoms. The molecule has 0 radical (unpaired) electrons. The Balaban J connectivity index is 0.930. The third kappa shape index (κ3) is 12.2. The fourth-order valence-electron chi connectivity index (χ4n) is 12.0. The Morgan fingerprint density at radius 3 is 2.34 bits per heavy atom. The molecule has 8 fully saturated rings. The van der Waals surface area contributed by atoms with Gasteiger partial charge in [0, 0.05) is 51.6 Å². The zero-order valence-corrected chi connectivity index (χ0v) is 46.5. The summed E-state index contributed by atoms with van der Waals surface area (Å²) in [6.07, 6.45) is 3.80. The molecule has 6 bridgehead atoms. The summed E-state index contributed by atoms with van der Waals surface area (Å²) in [6, 6.07) is 6.61. The second-order valence-corrected chi connectivity index (χ2v) is 31.1. The van der Waals surface area contributed by atoms with E-state index >= 15 is 0 Å². The van der Waals surface area contributed by atoms with Crippen LogP contribution in [0.25, 0.3) is 0 Å². The van der Waals surface area contributed by atoms with E-state index < -0.39 is 48.6 Å². The molecular formula is C54H81BrO13SSi. The second-order valence-electron chi connectivity index (χ2n) is 23.6. The zero-order valence-electron chi connectivity index (χ0n) is 43.1. The second kappa shape index (κ2) is 21.9. The van der Waals surface area contributed by atoms with Crippen molar-refractivity contribution in [1.29, 1.82) is 0 Å². The summed E-state index contributed by atoms with van der Waals surface area (Å²) < 4.78 is 87.8. The number of benzene rings is 1. The molecule has 13 nitrogen and oxygen atoms in total. The number of hydrogen-bond donors (Lipinski definition) is 0. The van der Waals surface area contributed by atoms with Crippen LogP contribution < -0.4 is 0 Å². The number of hydrogen-bond acceptors (Lipinski definition) is 13. The topological polar surface area (TPSA) is 151 Å². The monoisotopic (exact) mass is 1080 g/mol. The molecule has 8 aliphatic rings. The van der Waals surface area contributed by atoms with E-state index in [2.05, 4.69) is 83.7 Å². The molecule has 1 aromatic carbocycles. The van der Waals surface area contributed by atoms with Crippen LogP contribution in [0.1, 0.15) is 131 Å². The van der Waals surface area contributed by atoms with Crippen molar-refractivity contribution >= 4 is 46.4 Å². The van der Waals surface area contributed by atoms with Crippen LogP contribution in [0, 0.1) is 30.6 Å². The maximum atomic E-state index is 14.5. The van der Waals surface area contributed by atoms with Gasteiger partial charge in [-0.3, -0.25) is 8.98 Å². The lowest BCUT2D eigenvalue weighted by Gasteiger charge is -2.47. The van der Waals surface area contributed by atoms with Crippen LogP contribution in [-0.2, 0) is 61.5 Å². The SMILES string of the molecule is C=C(Br)C[C@@H](CC[C@@]12C[C@H]3O[C@H]4C(O1)[C@H]1O[C@@H](CC(=O)CC5C(C[C@H]6O[C@@H](CCC=O)C[C@@H](C)C6=C)O[C@H](C[C@H](C)CO[Si](C)(C)C(C)(C)C)[C@@H]5C)CC[C@@H]1O[C@H]4[C@H]3O2)OS(=O)(=O)c1ccc(C)cc1. The van der Waals surface area contributed by atoms with E-state index in [4.69, 9.17) is 41.8 Å². The largest absolute Gasteiger partial charge is 0.417 e. The van der Waals surface area contributed by atoms with Gasteiger partial charge in [-0.15, -0.1) is 0 Å². The molecule has 18 atom stereocenters. The average Bonchev–Trinajstić information content (AvgIpc) is 3.82. The number of aldehydes is 1. The molecule has 9 rings (SSSR count). The lowest BCUT2D eigenvalue weighted by Crippen LogP contribution is -2.61. The van der Waals surface area contributed by atoms with Crippen molar-refractivity contribution < 1.29 is 59.8 Å². The quantitative estimate of drug-likeness (QED) is 0.0469. The number of ketones is 1. The number of fused-ring (bicyclic) bond motifs is 1. The van der Waals surface area contributed by atoms with Crippen molar-refractivity contribution in [2.45, 2.75) is 240 Å². The van der Waals surface area contributed by atoms with Gasteiger partial charge in [-0.1, -0.05) is 88.3 Å². The van der Waals surface area contributed by atoms with Gasteiger partial charge in [-0.05, 0) is 109 Å². The standard InChI is InChI=1S/C54H81BrO13SSi/c1-31-14-17-41(18-15-31)69(58,59)68-40(25-34(4)55)20-21-54-29-47-49(66-54)50-51(65-47)52(67-54)48-43(64-50)19-16-39(62-48)26-37(57)27-42-36(6)44(23-32(2)30-60-70(10,11)53(7,8)9)63-46(42)28-45-35(5)33(3)24-38(61-45)13-12-22-56/h14-15,17-18,22,32-33,36,38-40,42-52H,4-5,12-13,16,19-21,23-30H2,1-3,6-11H3/t32-,33+,36+,38-,39+,40+,42?,43-,44+,45+,46?,47+,48-,49-,50-,51+,52?,54-/m0/s1. The number of Topliss-reactive ketones (excluding diaryl/α,β-unsaturated/α-hetero) is 1. The first-order valence-electron chi connectivity index (χ1n) is 26.2. The van der Waals surface area contributed by atoms with Crippen LogP contribution in [-0.4, -0.2) is 121 Å². The van der Waals surface area contributed by atoms with Crippen molar-refractivity contribution in [3.05, 3.63) is 53.0 Å². The summed E-state index contributed by atoms with van der Waals surface area (Å²) in [7, 11) is -5.99. The maximum Gasteiger partial charge on any atom is 0.297 e. The van der Waals surface area contributed by atoms with Gasteiger partial charge in [0.25, 0.3) is 10.1 Å². The van der Waals surface area contributed by atoms with Gasteiger partial charge in [0.15, 0.2) is 14.1 Å². The van der Waals surface area contributed by atoms with E-state index in [1.807, 2.05) is 6.92 Å². The van der Waals surface area contributed by atoms with E-state index in [1.165, 1.54) is 0 Å². The van der Waals surface area contributed by atoms with E-state index in [-0.39, 0.29) is 107 Å². The van der Waals surface area contributed by atoms with E-state index in [1.54, 1.807) is 24.3 Å². The lowest BCUT2D eigenvalue weighted by molar-refractivity contribution is -0.292. The van der Waals surface area contributed by atoms with Crippen LogP contribution in [0.15, 0.2) is 52.4 Å². The van der Waals surface area contributed by atoms with Gasteiger partial charge in [-0.2, -0.15) is 8.42 Å². The molecule has 8 aliphatic heterocycles. The third-order valence-electron chi connectivity index (χ3n) is 17.1. The van der Waals surface area contributed by atoms with Gasteiger partial charge in [0.05, 0.1) is 53.7 Å². The summed E-state index contributed by atoms with van der Waals surface area (Å²) in [4.78, 5) is 25.9. The van der Waals surface area contributed by atoms with Gasteiger partial charge in [-0.25, -0.2) is 0 Å². The Hall–Kier alpha value is -1.67. The number of aryl methyl sites for hydroxylation is 1. The smallest absolute Gasteiger partial charge is 0.297 e. The predicted molar refractivity (Wildman–Crippen MR) is 271 cm³/mol. The van der Waals surface area contributed by atoms with Crippen molar-refractivity contribution in [1.82, 2.24) is 0 Å². The molecule has 1 aromatic rings. The van der Waals surface area contributed by atoms with Crippen molar-refractivity contribution in [2.75, 3.05) is 6.61 Å². The molecular weight excluding hydrogens is 997 g/mol. The maximum absolute atomic E-state index is 14.5. The summed E-state index contributed by atoms with van der Waals surface area (Å²) in [6.45, 7) is 29.1. The molecule has 392 valence electrons. The minimum Gasteiger partial charge on any atom is -0.417 e. The number of ether oxygens (including phenoxy) is 7. The molecule has 70 heavy (non-hydrogen) atoms. The number of rotatable bonds is 22. The minimum absolute atomic E-state index is 0.0201. The molecule has 0 N–H and O–H groups in total. The van der Waals surface area contributed by atoms with E-state index in [0.29, 0.717) is 68.9 Å². The molecule has 16 heteroatoms. The first-order chi connectivity index (χ1) is 32.9. The van der Waals surface area contributed by atoms with E-state index in [9.17, 15) is 18.0 Å². The summed E-state index contributed by atoms with van der Waals surface area (Å²) >= 11 is 3.43. The lowest BCUT2D eigenvalue weighted by atomic mass is 9.78. The Labute approximate surface area is 427 Å². The predicted octanol–water partition coefficient (Wildman–Crippen LogP) is 10.3. The normalized spacial score (nSPS) is 38.0. The van der Waals surface area contributed by atoms with Crippen LogP contribution >= 0.6 is 15.9 Å². The minimum atomic E-state index is -4.06. The number of halogens is 1. The number of carbonyl (C=O) groups is 2. The van der Waals surface area contributed by atoms with Crippen LogP contribution in [0.2, 0.25) is 18.1 Å². The Kier molecular flexibility index (Phi) is 17.1. The Morgan fingerprint density at radius 2 is 1.64 bits per heavy atom. The van der Waals surface area contributed by atoms with Gasteiger partial charge < -0.3 is 42.4 Å². The molecule has 8 saturated heterocycles. The highest BCUT2D eigenvalue weighted by molar-refractivity contribution is 9.11. The molecule has 3 unspecified atom stereocenters. The molecule has 0 amide bonds. The van der Waals surface area contributed by atoms with Gasteiger partial charge in [0.1, 0.15) is 42.6 Å². The zero-order chi connectivity index (χ0) is 50.5. The van der Waals surface area contributed by atoms with Crippen LogP contribution in [0.3, 0.4) is 0 Å². The molecule has 8 heterocycles. The third-order valence-corrected chi connectivity index (χ3v) is 23.3. The first-order valence-corrected chi connectivity index (χ1v) is 31.3. The van der Waals surface area contributed by atoms with Gasteiger partial charge >= 0.3 is 0 Å². The van der Waals surface area contributed by atoms with Crippen LogP contribution in [0.4, 0.5) is 0 Å². The van der Waals surface area contributed by atoms with Crippen molar-refractivity contribution in [2.24, 2.45) is 23.7 Å². The Bertz CT molecular complexity index is 2150. The fourth-order valence-corrected chi connectivity index (χ4v) is 14.6. The van der Waals surface area contributed by atoms with Crippen molar-refractivity contribution in [3.63, 3.8) is 0 Å². The first kappa shape index (κ1) is 54.6. The number of carbonyl (C=O) groups excluding carboxylic acids is 2. The molecule has 0 aliphatic carbocycles. The fraction of sp³-hybridized carbons (Fsp3) is 0.778. The Morgan fingerprint density at radius 1 is 0.943 bits per heavy atom.